The minimum atomic E-state index is -0.190. The fraction of sp³-hybridized carbons (Fsp3) is 0.714. The highest BCUT2D eigenvalue weighted by molar-refractivity contribution is 5.45. The van der Waals surface area contributed by atoms with E-state index in [2.05, 4.69) is 15.3 Å². The van der Waals surface area contributed by atoms with E-state index in [1.807, 2.05) is 13.8 Å². The predicted octanol–water partition coefficient (Wildman–Crippen LogP) is 2.15. The van der Waals surface area contributed by atoms with Crippen LogP contribution in [0.3, 0.4) is 0 Å². The second-order valence-corrected chi connectivity index (χ2v) is 5.68. The highest BCUT2D eigenvalue weighted by Gasteiger charge is 2.22. The number of hydrogen-bond acceptors (Lipinski definition) is 5. The Labute approximate surface area is 114 Å². The molecule has 0 aliphatic heterocycles. The van der Waals surface area contributed by atoms with Gasteiger partial charge >= 0.3 is 0 Å². The standard InChI is InChI=1S/C14H24N4O/c1-9(2)14-17-12(15)7-13(18-14)16-8-10-5-3-4-6-11(10)19/h7,9-11,19H,3-6,8H2,1-2H3,(H3,15,16,17,18). The van der Waals surface area contributed by atoms with Crippen molar-refractivity contribution in [2.24, 2.45) is 5.92 Å². The van der Waals surface area contributed by atoms with Crippen LogP contribution in [0, 0.1) is 5.92 Å². The van der Waals surface area contributed by atoms with Crippen molar-refractivity contribution < 1.29 is 5.11 Å². The summed E-state index contributed by atoms with van der Waals surface area (Å²) in [6.45, 7) is 4.84. The van der Waals surface area contributed by atoms with E-state index in [1.54, 1.807) is 6.07 Å². The van der Waals surface area contributed by atoms with Crippen LogP contribution in [-0.4, -0.2) is 27.7 Å². The molecule has 0 saturated heterocycles. The summed E-state index contributed by atoms with van der Waals surface area (Å²) in [4.78, 5) is 8.68. The Kier molecular flexibility index (Phi) is 4.58. The normalized spacial score (nSPS) is 23.6. The lowest BCUT2D eigenvalue weighted by molar-refractivity contribution is 0.0763. The number of aliphatic hydroxyl groups is 1. The molecule has 1 heterocycles. The molecule has 2 atom stereocenters. The molecule has 106 valence electrons. The van der Waals surface area contributed by atoms with Crippen LogP contribution in [0.2, 0.25) is 0 Å². The maximum Gasteiger partial charge on any atom is 0.135 e. The first-order chi connectivity index (χ1) is 9.06. The molecular weight excluding hydrogens is 240 g/mol. The summed E-state index contributed by atoms with van der Waals surface area (Å²) >= 11 is 0. The monoisotopic (exact) mass is 264 g/mol. The smallest absolute Gasteiger partial charge is 0.135 e. The van der Waals surface area contributed by atoms with E-state index in [4.69, 9.17) is 5.73 Å². The van der Waals surface area contributed by atoms with Gasteiger partial charge in [0.05, 0.1) is 6.10 Å². The lowest BCUT2D eigenvalue weighted by Crippen LogP contribution is -2.30. The summed E-state index contributed by atoms with van der Waals surface area (Å²) in [6, 6.07) is 1.75. The van der Waals surface area contributed by atoms with E-state index in [0.29, 0.717) is 11.7 Å². The van der Waals surface area contributed by atoms with Crippen molar-refractivity contribution in [1.29, 1.82) is 0 Å². The van der Waals surface area contributed by atoms with Crippen molar-refractivity contribution in [2.75, 3.05) is 17.6 Å². The van der Waals surface area contributed by atoms with Crippen molar-refractivity contribution in [3.63, 3.8) is 0 Å². The molecule has 1 aromatic heterocycles. The average molecular weight is 264 g/mol. The van der Waals surface area contributed by atoms with Crippen molar-refractivity contribution in [2.45, 2.75) is 51.6 Å². The van der Waals surface area contributed by atoms with Gasteiger partial charge in [-0.3, -0.25) is 0 Å². The Balaban J connectivity index is 1.98. The molecule has 0 spiro atoms. The molecule has 2 unspecified atom stereocenters. The molecule has 1 aromatic rings. The lowest BCUT2D eigenvalue weighted by atomic mass is 9.86. The number of aliphatic hydroxyl groups excluding tert-OH is 1. The van der Waals surface area contributed by atoms with Gasteiger partial charge in [0.15, 0.2) is 0 Å². The van der Waals surface area contributed by atoms with Crippen molar-refractivity contribution >= 4 is 11.6 Å². The molecule has 19 heavy (non-hydrogen) atoms. The first kappa shape index (κ1) is 14.1. The van der Waals surface area contributed by atoms with Gasteiger partial charge in [-0.15, -0.1) is 0 Å². The van der Waals surface area contributed by atoms with Crippen LogP contribution >= 0.6 is 0 Å². The Morgan fingerprint density at radius 3 is 2.79 bits per heavy atom. The number of aromatic nitrogens is 2. The average Bonchev–Trinajstić information content (AvgIpc) is 2.37. The van der Waals surface area contributed by atoms with Gasteiger partial charge in [-0.1, -0.05) is 26.7 Å². The van der Waals surface area contributed by atoms with Crippen LogP contribution in [0.25, 0.3) is 0 Å². The number of nitrogen functional groups attached to an aromatic ring is 1. The van der Waals surface area contributed by atoms with Crippen LogP contribution in [0.15, 0.2) is 6.07 Å². The molecule has 0 aromatic carbocycles. The fourth-order valence-corrected chi connectivity index (χ4v) is 2.50. The first-order valence-electron chi connectivity index (χ1n) is 7.12. The maximum atomic E-state index is 9.95. The number of nitrogens with two attached hydrogens (primary N) is 1. The summed E-state index contributed by atoms with van der Waals surface area (Å²) < 4.78 is 0. The molecule has 4 N–H and O–H groups in total. The third-order valence-corrected chi connectivity index (χ3v) is 3.69. The van der Waals surface area contributed by atoms with Gasteiger partial charge in [0.1, 0.15) is 17.5 Å². The largest absolute Gasteiger partial charge is 0.393 e. The van der Waals surface area contributed by atoms with E-state index < -0.39 is 0 Å². The Morgan fingerprint density at radius 2 is 2.11 bits per heavy atom. The Morgan fingerprint density at radius 1 is 1.37 bits per heavy atom. The zero-order valence-corrected chi connectivity index (χ0v) is 11.8. The highest BCUT2D eigenvalue weighted by Crippen LogP contribution is 2.25. The Hall–Kier alpha value is -1.36. The number of anilines is 2. The minimum Gasteiger partial charge on any atom is -0.393 e. The van der Waals surface area contributed by atoms with E-state index in [-0.39, 0.29) is 12.0 Å². The van der Waals surface area contributed by atoms with E-state index in [9.17, 15) is 5.11 Å². The number of nitrogens with zero attached hydrogens (tertiary/aromatic N) is 2. The molecule has 5 heteroatoms. The van der Waals surface area contributed by atoms with Crippen molar-refractivity contribution in [3.05, 3.63) is 11.9 Å². The van der Waals surface area contributed by atoms with Crippen LogP contribution < -0.4 is 11.1 Å². The van der Waals surface area contributed by atoms with E-state index >= 15 is 0 Å². The summed E-state index contributed by atoms with van der Waals surface area (Å²) in [7, 11) is 0. The summed E-state index contributed by atoms with van der Waals surface area (Å²) in [5, 5.41) is 13.2. The molecule has 1 aliphatic carbocycles. The zero-order valence-electron chi connectivity index (χ0n) is 11.8. The molecule has 5 nitrogen and oxygen atoms in total. The highest BCUT2D eigenvalue weighted by atomic mass is 16.3. The number of nitrogens with one attached hydrogen (secondary N) is 1. The summed E-state index contributed by atoms with van der Waals surface area (Å²) in [5.41, 5.74) is 5.79. The SMILES string of the molecule is CC(C)c1nc(N)cc(NCC2CCCCC2O)n1. The lowest BCUT2D eigenvalue weighted by Gasteiger charge is -2.27. The molecule has 2 rings (SSSR count). The van der Waals surface area contributed by atoms with Gasteiger partial charge in [0.25, 0.3) is 0 Å². The predicted molar refractivity (Wildman–Crippen MR) is 77.0 cm³/mol. The molecule has 1 saturated carbocycles. The summed E-state index contributed by atoms with van der Waals surface area (Å²) in [6.07, 6.45) is 4.13. The summed E-state index contributed by atoms with van der Waals surface area (Å²) in [5.74, 6) is 2.57. The van der Waals surface area contributed by atoms with Crippen molar-refractivity contribution in [1.82, 2.24) is 9.97 Å². The van der Waals surface area contributed by atoms with Crippen LogP contribution in [0.4, 0.5) is 11.6 Å². The molecule has 0 radical (unpaired) electrons. The van der Waals surface area contributed by atoms with Gasteiger partial charge in [-0.25, -0.2) is 9.97 Å². The molecular formula is C14H24N4O. The Bertz CT molecular complexity index is 422. The van der Waals surface area contributed by atoms with E-state index in [0.717, 1.165) is 37.4 Å². The molecule has 1 aliphatic rings. The number of rotatable bonds is 4. The third kappa shape index (κ3) is 3.80. The third-order valence-electron chi connectivity index (χ3n) is 3.69. The van der Waals surface area contributed by atoms with Gasteiger partial charge < -0.3 is 16.2 Å². The minimum absolute atomic E-state index is 0.190. The fourth-order valence-electron chi connectivity index (χ4n) is 2.50. The molecule has 1 fully saturated rings. The van der Waals surface area contributed by atoms with Gasteiger partial charge in [-0.05, 0) is 12.8 Å². The van der Waals surface area contributed by atoms with Gasteiger partial charge in [-0.2, -0.15) is 0 Å². The van der Waals surface area contributed by atoms with Gasteiger partial charge in [0.2, 0.25) is 0 Å². The van der Waals surface area contributed by atoms with E-state index in [1.165, 1.54) is 6.42 Å². The quantitative estimate of drug-likeness (QED) is 0.776. The second kappa shape index (κ2) is 6.19. The second-order valence-electron chi connectivity index (χ2n) is 5.68. The maximum absolute atomic E-state index is 9.95. The first-order valence-corrected chi connectivity index (χ1v) is 7.12. The van der Waals surface area contributed by atoms with Gasteiger partial charge in [0, 0.05) is 24.4 Å². The zero-order chi connectivity index (χ0) is 13.8. The topological polar surface area (TPSA) is 84.1 Å². The molecule has 0 bridgehead atoms. The number of hydrogen-bond donors (Lipinski definition) is 3. The van der Waals surface area contributed by atoms with Crippen LogP contribution in [0.1, 0.15) is 51.3 Å². The molecule has 0 amide bonds. The van der Waals surface area contributed by atoms with Crippen LogP contribution in [0.5, 0.6) is 0 Å². The van der Waals surface area contributed by atoms with Crippen molar-refractivity contribution in [3.8, 4) is 0 Å². The van der Waals surface area contributed by atoms with Crippen LogP contribution in [-0.2, 0) is 0 Å².